The van der Waals surface area contributed by atoms with Gasteiger partial charge in [-0.1, -0.05) is 5.16 Å². The van der Waals surface area contributed by atoms with Crippen LogP contribution in [0.5, 0.6) is 0 Å². The zero-order valence-electron chi connectivity index (χ0n) is 13.8. The highest BCUT2D eigenvalue weighted by molar-refractivity contribution is 5.98. The summed E-state index contributed by atoms with van der Waals surface area (Å²) in [6, 6.07) is 11.3. The molecule has 1 aliphatic heterocycles. The first kappa shape index (κ1) is 14.8. The molecule has 5 rings (SSSR count). The van der Waals surface area contributed by atoms with Crippen molar-refractivity contribution in [1.29, 1.82) is 0 Å². The highest BCUT2D eigenvalue weighted by Crippen LogP contribution is 2.29. The van der Waals surface area contributed by atoms with Crippen molar-refractivity contribution in [2.45, 2.75) is 5.92 Å². The summed E-state index contributed by atoms with van der Waals surface area (Å²) in [4.78, 5) is 26.0. The summed E-state index contributed by atoms with van der Waals surface area (Å²) < 4.78 is 5.38. The molecule has 4 aromatic rings. The SMILES string of the molecule is O=C(c1ccc2[nH]ccc2c1)N1CC(c2nc(-c3ccncc3)no2)C1. The first-order valence-corrected chi connectivity index (χ1v) is 8.38. The summed E-state index contributed by atoms with van der Waals surface area (Å²) in [5.74, 6) is 1.23. The minimum Gasteiger partial charge on any atom is -0.361 e. The molecule has 26 heavy (non-hydrogen) atoms. The Morgan fingerprint density at radius 3 is 2.85 bits per heavy atom. The number of hydrogen-bond donors (Lipinski definition) is 1. The van der Waals surface area contributed by atoms with E-state index < -0.39 is 0 Å². The van der Waals surface area contributed by atoms with Gasteiger partial charge in [-0.25, -0.2) is 0 Å². The second-order valence-corrected chi connectivity index (χ2v) is 6.38. The van der Waals surface area contributed by atoms with Crippen LogP contribution in [0.15, 0.2) is 59.5 Å². The fraction of sp³-hybridized carbons (Fsp3) is 0.158. The van der Waals surface area contributed by atoms with E-state index in [9.17, 15) is 4.79 Å². The number of nitrogens with one attached hydrogen (secondary N) is 1. The Balaban J connectivity index is 1.28. The number of carbonyl (C=O) groups excluding carboxylic acids is 1. The lowest BCUT2D eigenvalue weighted by Gasteiger charge is -2.37. The number of aromatic amines is 1. The van der Waals surface area contributed by atoms with Gasteiger partial charge in [-0.15, -0.1) is 0 Å². The minimum absolute atomic E-state index is 0.0261. The molecule has 1 fully saturated rings. The summed E-state index contributed by atoms with van der Waals surface area (Å²) in [5, 5.41) is 5.06. The molecule has 1 N–H and O–H groups in total. The number of benzene rings is 1. The van der Waals surface area contributed by atoms with E-state index in [4.69, 9.17) is 4.52 Å². The van der Waals surface area contributed by atoms with Gasteiger partial charge in [0.05, 0.1) is 5.92 Å². The maximum Gasteiger partial charge on any atom is 0.253 e. The van der Waals surface area contributed by atoms with Crippen LogP contribution in [0.4, 0.5) is 0 Å². The molecular weight excluding hydrogens is 330 g/mol. The Morgan fingerprint density at radius 2 is 2.00 bits per heavy atom. The third-order valence-corrected chi connectivity index (χ3v) is 4.70. The lowest BCUT2D eigenvalue weighted by molar-refractivity contribution is 0.0569. The van der Waals surface area contributed by atoms with Gasteiger partial charge in [0.25, 0.3) is 5.91 Å². The maximum atomic E-state index is 12.6. The topological polar surface area (TPSA) is 87.9 Å². The van der Waals surface area contributed by atoms with E-state index in [1.54, 1.807) is 17.3 Å². The standard InChI is InChI=1S/C19H15N5O2/c25-19(14-1-2-16-13(9-14)5-8-21-16)24-10-15(11-24)18-22-17(23-26-18)12-3-6-20-7-4-12/h1-9,15,21H,10-11H2. The molecule has 1 aromatic carbocycles. The highest BCUT2D eigenvalue weighted by atomic mass is 16.5. The lowest BCUT2D eigenvalue weighted by atomic mass is 9.98. The maximum absolute atomic E-state index is 12.6. The van der Waals surface area contributed by atoms with Crippen molar-refractivity contribution in [1.82, 2.24) is 25.0 Å². The van der Waals surface area contributed by atoms with Crippen molar-refractivity contribution >= 4 is 16.8 Å². The molecule has 1 amide bonds. The number of hydrogen-bond acceptors (Lipinski definition) is 5. The van der Waals surface area contributed by atoms with Crippen molar-refractivity contribution in [3.63, 3.8) is 0 Å². The molecule has 0 bridgehead atoms. The molecule has 4 heterocycles. The molecule has 1 saturated heterocycles. The van der Waals surface area contributed by atoms with Crippen LogP contribution in [0, 0.1) is 0 Å². The quantitative estimate of drug-likeness (QED) is 0.617. The van der Waals surface area contributed by atoms with Gasteiger partial charge in [0.1, 0.15) is 0 Å². The van der Waals surface area contributed by atoms with Gasteiger partial charge in [-0.05, 0) is 36.4 Å². The fourth-order valence-electron chi connectivity index (χ4n) is 3.19. The van der Waals surface area contributed by atoms with Gasteiger partial charge >= 0.3 is 0 Å². The third-order valence-electron chi connectivity index (χ3n) is 4.70. The molecule has 0 unspecified atom stereocenters. The second kappa shape index (κ2) is 5.80. The predicted octanol–water partition coefficient (Wildman–Crippen LogP) is 2.85. The minimum atomic E-state index is 0.0261. The van der Waals surface area contributed by atoms with E-state index in [-0.39, 0.29) is 11.8 Å². The molecule has 7 heteroatoms. The average Bonchev–Trinajstić information content (AvgIpc) is 3.30. The third kappa shape index (κ3) is 2.45. The number of fused-ring (bicyclic) bond motifs is 1. The first-order chi connectivity index (χ1) is 12.8. The summed E-state index contributed by atoms with van der Waals surface area (Å²) in [6.45, 7) is 1.17. The van der Waals surface area contributed by atoms with Crippen LogP contribution in [0.25, 0.3) is 22.3 Å². The van der Waals surface area contributed by atoms with E-state index in [0.717, 1.165) is 16.5 Å². The summed E-state index contributed by atoms with van der Waals surface area (Å²) >= 11 is 0. The molecule has 0 aliphatic carbocycles. The van der Waals surface area contributed by atoms with Crippen molar-refractivity contribution in [2.24, 2.45) is 0 Å². The van der Waals surface area contributed by atoms with E-state index in [0.29, 0.717) is 30.4 Å². The number of amides is 1. The summed E-state index contributed by atoms with van der Waals surface area (Å²) in [6.07, 6.45) is 5.25. The second-order valence-electron chi connectivity index (χ2n) is 6.38. The van der Waals surface area contributed by atoms with Crippen LogP contribution in [0.3, 0.4) is 0 Å². The highest BCUT2D eigenvalue weighted by Gasteiger charge is 2.36. The number of pyridine rings is 1. The van der Waals surface area contributed by atoms with E-state index in [2.05, 4.69) is 20.1 Å². The number of carbonyl (C=O) groups is 1. The van der Waals surface area contributed by atoms with Gasteiger partial charge in [0.15, 0.2) is 0 Å². The molecular formula is C19H15N5O2. The normalized spacial score (nSPS) is 14.5. The summed E-state index contributed by atoms with van der Waals surface area (Å²) in [5.41, 5.74) is 2.58. The van der Waals surface area contributed by atoms with Crippen LogP contribution in [-0.2, 0) is 0 Å². The molecule has 0 spiro atoms. The van der Waals surface area contributed by atoms with Crippen LogP contribution < -0.4 is 0 Å². The molecule has 128 valence electrons. The van der Waals surface area contributed by atoms with Gasteiger partial charge in [-0.2, -0.15) is 4.98 Å². The van der Waals surface area contributed by atoms with Crippen molar-refractivity contribution < 1.29 is 9.32 Å². The lowest BCUT2D eigenvalue weighted by Crippen LogP contribution is -2.48. The van der Waals surface area contributed by atoms with Crippen LogP contribution in [0.2, 0.25) is 0 Å². The van der Waals surface area contributed by atoms with E-state index in [1.807, 2.05) is 42.6 Å². The monoisotopic (exact) mass is 345 g/mol. The largest absolute Gasteiger partial charge is 0.361 e. The number of nitrogens with zero attached hydrogens (tertiary/aromatic N) is 4. The Hall–Kier alpha value is -3.48. The van der Waals surface area contributed by atoms with Crippen molar-refractivity contribution in [3.05, 3.63) is 66.4 Å². The van der Waals surface area contributed by atoms with Crippen LogP contribution in [-0.4, -0.2) is 44.0 Å². The Morgan fingerprint density at radius 1 is 1.15 bits per heavy atom. The Kier molecular flexibility index (Phi) is 3.31. The Bertz CT molecular complexity index is 1080. The number of likely N-dealkylation sites (tertiary alicyclic amines) is 1. The number of aromatic nitrogens is 4. The van der Waals surface area contributed by atoms with Gasteiger partial charge in [-0.3, -0.25) is 9.78 Å². The molecule has 3 aromatic heterocycles. The smallest absolute Gasteiger partial charge is 0.253 e. The van der Waals surface area contributed by atoms with Crippen molar-refractivity contribution in [3.8, 4) is 11.4 Å². The van der Waals surface area contributed by atoms with Gasteiger partial charge in [0.2, 0.25) is 11.7 Å². The number of H-pyrrole nitrogens is 1. The molecule has 1 aliphatic rings. The summed E-state index contributed by atoms with van der Waals surface area (Å²) in [7, 11) is 0. The predicted molar refractivity (Wildman–Crippen MR) is 94.5 cm³/mol. The average molecular weight is 345 g/mol. The molecule has 0 atom stereocenters. The molecule has 7 nitrogen and oxygen atoms in total. The molecule has 0 radical (unpaired) electrons. The number of rotatable bonds is 3. The zero-order valence-corrected chi connectivity index (χ0v) is 13.8. The van der Waals surface area contributed by atoms with Crippen molar-refractivity contribution in [2.75, 3.05) is 13.1 Å². The van der Waals surface area contributed by atoms with Gasteiger partial charge in [0, 0.05) is 53.7 Å². The zero-order chi connectivity index (χ0) is 17.5. The fourth-order valence-corrected chi connectivity index (χ4v) is 3.19. The van der Waals surface area contributed by atoms with Gasteiger partial charge < -0.3 is 14.4 Å². The first-order valence-electron chi connectivity index (χ1n) is 8.38. The van der Waals surface area contributed by atoms with E-state index >= 15 is 0 Å². The Labute approximate surface area is 148 Å². The van der Waals surface area contributed by atoms with Crippen LogP contribution >= 0.6 is 0 Å². The molecule has 0 saturated carbocycles. The van der Waals surface area contributed by atoms with E-state index in [1.165, 1.54) is 0 Å². The van der Waals surface area contributed by atoms with Crippen LogP contribution in [0.1, 0.15) is 22.2 Å².